The summed E-state index contributed by atoms with van der Waals surface area (Å²) < 4.78 is 5.30. The highest BCUT2D eigenvalue weighted by molar-refractivity contribution is 5.92. The molecule has 24 heavy (non-hydrogen) atoms. The van der Waals surface area contributed by atoms with Crippen LogP contribution in [0.5, 0.6) is 0 Å². The van der Waals surface area contributed by atoms with E-state index in [1.165, 1.54) is 25.9 Å². The van der Waals surface area contributed by atoms with Gasteiger partial charge in [-0.1, -0.05) is 12.1 Å². The molecule has 1 N–H and O–H groups in total. The van der Waals surface area contributed by atoms with Crippen LogP contribution in [-0.4, -0.2) is 66.2 Å². The first-order valence-electron chi connectivity index (χ1n) is 9.30. The number of hydrogen-bond acceptors (Lipinski definition) is 5. The summed E-state index contributed by atoms with van der Waals surface area (Å²) in [6, 6.07) is 2.69. The van der Waals surface area contributed by atoms with Gasteiger partial charge in [0.25, 0.3) is 5.91 Å². The van der Waals surface area contributed by atoms with Gasteiger partial charge in [0.15, 0.2) is 5.69 Å². The Morgan fingerprint density at radius 3 is 2.71 bits per heavy atom. The van der Waals surface area contributed by atoms with Crippen LogP contribution >= 0.6 is 0 Å². The van der Waals surface area contributed by atoms with Gasteiger partial charge >= 0.3 is 0 Å². The van der Waals surface area contributed by atoms with Gasteiger partial charge in [0, 0.05) is 37.2 Å². The number of nitrogens with one attached hydrogen (secondary N) is 1. The molecular formula is C18H28N4O2. The molecule has 1 saturated carbocycles. The van der Waals surface area contributed by atoms with E-state index in [9.17, 15) is 4.79 Å². The van der Waals surface area contributed by atoms with E-state index in [0.717, 1.165) is 31.7 Å². The van der Waals surface area contributed by atoms with Crippen LogP contribution in [0.1, 0.15) is 54.8 Å². The van der Waals surface area contributed by atoms with E-state index in [2.05, 4.69) is 34.2 Å². The highest BCUT2D eigenvalue weighted by atomic mass is 16.5. The van der Waals surface area contributed by atoms with Crippen LogP contribution in [-0.2, 0) is 0 Å². The van der Waals surface area contributed by atoms with Crippen molar-refractivity contribution in [2.24, 2.45) is 5.92 Å². The molecular weight excluding hydrogens is 304 g/mol. The molecule has 4 rings (SSSR count). The minimum Gasteiger partial charge on any atom is -0.360 e. The van der Waals surface area contributed by atoms with E-state index in [-0.39, 0.29) is 11.9 Å². The molecule has 6 heteroatoms. The molecule has 6 nitrogen and oxygen atoms in total. The average Bonchev–Trinajstić information content (AvgIpc) is 3.19. The third kappa shape index (κ3) is 3.35. The lowest BCUT2D eigenvalue weighted by Gasteiger charge is -2.35. The van der Waals surface area contributed by atoms with Crippen molar-refractivity contribution in [2.75, 3.05) is 33.2 Å². The van der Waals surface area contributed by atoms with Gasteiger partial charge in [-0.05, 0) is 51.7 Å². The molecule has 1 aliphatic carbocycles. The second-order valence-corrected chi connectivity index (χ2v) is 7.93. The van der Waals surface area contributed by atoms with Gasteiger partial charge in [-0.2, -0.15) is 0 Å². The number of carbonyl (C=O) groups excluding carboxylic acids is 1. The monoisotopic (exact) mass is 332 g/mol. The zero-order chi connectivity index (χ0) is 16.7. The molecule has 0 radical (unpaired) electrons. The molecule has 0 spiro atoms. The number of nitrogens with zero attached hydrogens (tertiary/aromatic N) is 3. The zero-order valence-electron chi connectivity index (χ0n) is 14.7. The Kier molecular flexibility index (Phi) is 4.35. The third-order valence-electron chi connectivity index (χ3n) is 5.90. The smallest absolute Gasteiger partial charge is 0.273 e. The average molecular weight is 332 g/mol. The fraction of sp³-hybridized carbons (Fsp3) is 0.778. The normalized spacial score (nSPS) is 29.9. The van der Waals surface area contributed by atoms with Gasteiger partial charge in [0.05, 0.1) is 0 Å². The highest BCUT2D eigenvalue weighted by Gasteiger charge is 2.36. The van der Waals surface area contributed by atoms with Crippen LogP contribution in [0.25, 0.3) is 0 Å². The molecule has 1 aromatic heterocycles. The quantitative estimate of drug-likeness (QED) is 0.909. The zero-order valence-corrected chi connectivity index (χ0v) is 14.7. The standard InChI is InChI=1S/C18H28N4O2/c1-12-10-22(14-5-7-21(2)8-6-14)11-16(12)19-18(23)15-9-17(24-20-15)13-3-4-13/h9,12-14,16H,3-8,10-11H2,1-2H3,(H,19,23)/t12-,16+/m1/s1. The molecule has 3 aliphatic rings. The van der Waals surface area contributed by atoms with Crippen molar-refractivity contribution < 1.29 is 9.32 Å². The van der Waals surface area contributed by atoms with Gasteiger partial charge in [-0.25, -0.2) is 0 Å². The van der Waals surface area contributed by atoms with E-state index in [4.69, 9.17) is 4.52 Å². The van der Waals surface area contributed by atoms with Crippen LogP contribution in [0.3, 0.4) is 0 Å². The first-order chi connectivity index (χ1) is 11.6. The number of piperidine rings is 1. The van der Waals surface area contributed by atoms with Gasteiger partial charge in [-0.15, -0.1) is 0 Å². The van der Waals surface area contributed by atoms with Crippen molar-refractivity contribution in [1.29, 1.82) is 0 Å². The van der Waals surface area contributed by atoms with Gasteiger partial charge in [0.2, 0.25) is 0 Å². The van der Waals surface area contributed by atoms with Crippen molar-refractivity contribution in [2.45, 2.75) is 50.6 Å². The van der Waals surface area contributed by atoms with E-state index < -0.39 is 0 Å². The maximum absolute atomic E-state index is 12.5. The highest BCUT2D eigenvalue weighted by Crippen LogP contribution is 2.40. The minimum absolute atomic E-state index is 0.0901. The molecule has 0 aromatic carbocycles. The summed E-state index contributed by atoms with van der Waals surface area (Å²) in [6.45, 7) is 6.61. The second kappa shape index (κ2) is 6.48. The number of hydrogen-bond donors (Lipinski definition) is 1. The van der Waals surface area contributed by atoms with Crippen LogP contribution in [0, 0.1) is 5.92 Å². The first-order valence-corrected chi connectivity index (χ1v) is 9.30. The van der Waals surface area contributed by atoms with Crippen molar-refractivity contribution in [1.82, 2.24) is 20.3 Å². The van der Waals surface area contributed by atoms with Gasteiger partial charge in [-0.3, -0.25) is 9.69 Å². The van der Waals surface area contributed by atoms with Crippen LogP contribution in [0.2, 0.25) is 0 Å². The van der Waals surface area contributed by atoms with Crippen molar-refractivity contribution in [3.63, 3.8) is 0 Å². The van der Waals surface area contributed by atoms with Crippen molar-refractivity contribution in [3.05, 3.63) is 17.5 Å². The molecule has 132 valence electrons. The van der Waals surface area contributed by atoms with Crippen LogP contribution < -0.4 is 5.32 Å². The van der Waals surface area contributed by atoms with Crippen molar-refractivity contribution in [3.8, 4) is 0 Å². The Morgan fingerprint density at radius 2 is 2.00 bits per heavy atom. The largest absolute Gasteiger partial charge is 0.360 e. The Labute approximate surface area is 143 Å². The fourth-order valence-electron chi connectivity index (χ4n) is 4.05. The molecule has 2 aliphatic heterocycles. The second-order valence-electron chi connectivity index (χ2n) is 7.93. The first kappa shape index (κ1) is 16.1. The van der Waals surface area contributed by atoms with Crippen molar-refractivity contribution >= 4 is 5.91 Å². The number of amides is 1. The number of carbonyl (C=O) groups is 1. The molecule has 3 fully saturated rings. The predicted octanol–water partition coefficient (Wildman–Crippen LogP) is 1.70. The topological polar surface area (TPSA) is 61.6 Å². The summed E-state index contributed by atoms with van der Waals surface area (Å²) >= 11 is 0. The van der Waals surface area contributed by atoms with E-state index in [1.54, 1.807) is 0 Å². The SMILES string of the molecule is C[C@@H]1CN(C2CCN(C)CC2)C[C@@H]1NC(=O)c1cc(C2CC2)on1. The van der Waals surface area contributed by atoms with Gasteiger partial charge < -0.3 is 14.7 Å². The summed E-state index contributed by atoms with van der Waals surface area (Å²) in [4.78, 5) is 17.4. The summed E-state index contributed by atoms with van der Waals surface area (Å²) in [7, 11) is 2.19. The van der Waals surface area contributed by atoms with Crippen LogP contribution in [0.4, 0.5) is 0 Å². The van der Waals surface area contributed by atoms with E-state index >= 15 is 0 Å². The molecule has 2 atom stereocenters. The minimum atomic E-state index is -0.0901. The Hall–Kier alpha value is -1.40. The number of aromatic nitrogens is 1. The number of rotatable bonds is 4. The maximum Gasteiger partial charge on any atom is 0.273 e. The third-order valence-corrected chi connectivity index (χ3v) is 5.90. The molecule has 3 heterocycles. The molecule has 1 amide bonds. The predicted molar refractivity (Wildman–Crippen MR) is 91.0 cm³/mol. The Balaban J connectivity index is 1.33. The van der Waals surface area contributed by atoms with Gasteiger partial charge in [0.1, 0.15) is 5.76 Å². The number of likely N-dealkylation sites (tertiary alicyclic amines) is 2. The maximum atomic E-state index is 12.5. The lowest BCUT2D eigenvalue weighted by molar-refractivity contribution is 0.0918. The van der Waals surface area contributed by atoms with Crippen LogP contribution in [0.15, 0.2) is 10.6 Å². The molecule has 0 unspecified atom stereocenters. The Bertz CT molecular complexity index is 590. The lowest BCUT2D eigenvalue weighted by Crippen LogP contribution is -2.44. The summed E-state index contributed by atoms with van der Waals surface area (Å²) in [5.41, 5.74) is 0.432. The van der Waals surface area contributed by atoms with E-state index in [0.29, 0.717) is 23.6 Å². The summed E-state index contributed by atoms with van der Waals surface area (Å²) in [5, 5.41) is 7.14. The Morgan fingerprint density at radius 1 is 1.25 bits per heavy atom. The fourth-order valence-corrected chi connectivity index (χ4v) is 4.05. The molecule has 2 saturated heterocycles. The van der Waals surface area contributed by atoms with E-state index in [1.807, 2.05) is 6.07 Å². The lowest BCUT2D eigenvalue weighted by atomic mass is 10.0. The molecule has 0 bridgehead atoms. The summed E-state index contributed by atoms with van der Waals surface area (Å²) in [5.74, 6) is 1.74. The molecule has 1 aromatic rings. The summed E-state index contributed by atoms with van der Waals surface area (Å²) in [6.07, 6.45) is 4.78.